The van der Waals surface area contributed by atoms with Crippen molar-refractivity contribution >= 4 is 16.6 Å². The van der Waals surface area contributed by atoms with Gasteiger partial charge in [0.15, 0.2) is 0 Å². The molecule has 0 radical (unpaired) electrons. The van der Waals surface area contributed by atoms with Crippen LogP contribution in [-0.2, 0) is 0 Å². The second-order valence-electron chi connectivity index (χ2n) is 4.60. The number of aromatic nitrogens is 1. The predicted octanol–water partition coefficient (Wildman–Crippen LogP) is 4.27. The van der Waals surface area contributed by atoms with Gasteiger partial charge in [-0.15, -0.1) is 0 Å². The zero-order chi connectivity index (χ0) is 13.2. The zero-order valence-electron chi connectivity index (χ0n) is 11.1. The molecule has 0 amide bonds. The first-order chi connectivity index (χ1) is 9.31. The standard InChI is InChI=1S/C17H16N2/c1-12(18-2)16-14-10-6-7-11-15(14)19-17(16)13-8-4-3-5-9-13/h3-11,19H,1-2H3. The number of H-pyrrole nitrogens is 1. The van der Waals surface area contributed by atoms with Gasteiger partial charge >= 0.3 is 0 Å². The number of aliphatic imine (C=N–C) groups is 1. The van der Waals surface area contributed by atoms with Crippen molar-refractivity contribution in [1.82, 2.24) is 4.98 Å². The van der Waals surface area contributed by atoms with Gasteiger partial charge in [0, 0.05) is 29.2 Å². The Morgan fingerprint density at radius 3 is 2.37 bits per heavy atom. The van der Waals surface area contributed by atoms with Crippen molar-refractivity contribution < 1.29 is 0 Å². The Morgan fingerprint density at radius 2 is 1.63 bits per heavy atom. The average Bonchev–Trinajstić information content (AvgIpc) is 2.87. The van der Waals surface area contributed by atoms with Crippen molar-refractivity contribution in [3.8, 4) is 11.3 Å². The van der Waals surface area contributed by atoms with Gasteiger partial charge in [-0.2, -0.15) is 0 Å². The molecule has 0 spiro atoms. The summed E-state index contributed by atoms with van der Waals surface area (Å²) >= 11 is 0. The molecule has 2 nitrogen and oxygen atoms in total. The van der Waals surface area contributed by atoms with Gasteiger partial charge in [0.25, 0.3) is 0 Å². The Labute approximate surface area is 112 Å². The lowest BCUT2D eigenvalue weighted by Crippen LogP contribution is -1.95. The van der Waals surface area contributed by atoms with E-state index in [0.29, 0.717) is 0 Å². The fourth-order valence-electron chi connectivity index (χ4n) is 2.45. The van der Waals surface area contributed by atoms with E-state index >= 15 is 0 Å². The van der Waals surface area contributed by atoms with Gasteiger partial charge in [-0.1, -0.05) is 48.5 Å². The van der Waals surface area contributed by atoms with Crippen molar-refractivity contribution in [2.24, 2.45) is 4.99 Å². The molecule has 0 bridgehead atoms. The molecule has 1 N–H and O–H groups in total. The maximum absolute atomic E-state index is 4.36. The van der Waals surface area contributed by atoms with Crippen LogP contribution in [-0.4, -0.2) is 17.7 Å². The van der Waals surface area contributed by atoms with Crippen LogP contribution in [0.2, 0.25) is 0 Å². The fraction of sp³-hybridized carbons (Fsp3) is 0.118. The van der Waals surface area contributed by atoms with Gasteiger partial charge in [0.05, 0.1) is 5.69 Å². The largest absolute Gasteiger partial charge is 0.354 e. The van der Waals surface area contributed by atoms with Crippen molar-refractivity contribution in [3.63, 3.8) is 0 Å². The molecule has 2 heteroatoms. The molecular formula is C17H16N2. The van der Waals surface area contributed by atoms with Gasteiger partial charge in [-0.05, 0) is 18.6 Å². The van der Waals surface area contributed by atoms with E-state index in [1.165, 1.54) is 16.5 Å². The van der Waals surface area contributed by atoms with E-state index in [0.717, 1.165) is 16.9 Å². The van der Waals surface area contributed by atoms with Crippen LogP contribution in [0.4, 0.5) is 0 Å². The average molecular weight is 248 g/mol. The van der Waals surface area contributed by atoms with Gasteiger partial charge in [-0.25, -0.2) is 0 Å². The van der Waals surface area contributed by atoms with Crippen LogP contribution < -0.4 is 0 Å². The van der Waals surface area contributed by atoms with Crippen LogP contribution >= 0.6 is 0 Å². The Hall–Kier alpha value is -2.35. The van der Waals surface area contributed by atoms with Gasteiger partial charge in [0.1, 0.15) is 0 Å². The van der Waals surface area contributed by atoms with Crippen LogP contribution in [0.15, 0.2) is 59.6 Å². The molecule has 3 aromatic rings. The summed E-state index contributed by atoms with van der Waals surface area (Å²) < 4.78 is 0. The summed E-state index contributed by atoms with van der Waals surface area (Å²) in [4.78, 5) is 7.88. The number of aromatic amines is 1. The molecule has 1 heterocycles. The lowest BCUT2D eigenvalue weighted by Gasteiger charge is -2.04. The molecule has 0 aliphatic carbocycles. The molecule has 94 valence electrons. The van der Waals surface area contributed by atoms with Gasteiger partial charge in [0.2, 0.25) is 0 Å². The van der Waals surface area contributed by atoms with Crippen LogP contribution in [0.1, 0.15) is 12.5 Å². The summed E-state index contributed by atoms with van der Waals surface area (Å²) in [7, 11) is 1.84. The predicted molar refractivity (Wildman–Crippen MR) is 81.9 cm³/mol. The number of para-hydroxylation sites is 1. The number of benzene rings is 2. The summed E-state index contributed by atoms with van der Waals surface area (Å²) in [6, 6.07) is 18.8. The van der Waals surface area contributed by atoms with Crippen molar-refractivity contribution in [1.29, 1.82) is 0 Å². The minimum absolute atomic E-state index is 1.05. The first-order valence-electron chi connectivity index (χ1n) is 6.41. The van der Waals surface area contributed by atoms with Crippen molar-refractivity contribution in [2.45, 2.75) is 6.92 Å². The molecule has 0 saturated heterocycles. The fourth-order valence-corrected chi connectivity index (χ4v) is 2.45. The van der Waals surface area contributed by atoms with Crippen LogP contribution in [0.3, 0.4) is 0 Å². The topological polar surface area (TPSA) is 28.1 Å². The first-order valence-corrected chi connectivity index (χ1v) is 6.41. The maximum atomic E-state index is 4.36. The number of fused-ring (bicyclic) bond motifs is 1. The smallest absolute Gasteiger partial charge is 0.0556 e. The van der Waals surface area contributed by atoms with E-state index in [2.05, 4.69) is 65.4 Å². The normalized spacial score (nSPS) is 12.0. The van der Waals surface area contributed by atoms with Crippen LogP contribution in [0, 0.1) is 0 Å². The van der Waals surface area contributed by atoms with E-state index in [9.17, 15) is 0 Å². The maximum Gasteiger partial charge on any atom is 0.0556 e. The molecule has 0 fully saturated rings. The van der Waals surface area contributed by atoms with E-state index < -0.39 is 0 Å². The summed E-state index contributed by atoms with van der Waals surface area (Å²) in [5, 5.41) is 1.23. The van der Waals surface area contributed by atoms with E-state index in [-0.39, 0.29) is 0 Å². The molecule has 0 saturated carbocycles. The summed E-state index contributed by atoms with van der Waals surface area (Å²) in [6.45, 7) is 2.06. The Balaban J connectivity index is 2.36. The highest BCUT2D eigenvalue weighted by Crippen LogP contribution is 2.30. The Kier molecular flexibility index (Phi) is 2.92. The highest BCUT2D eigenvalue weighted by Gasteiger charge is 2.14. The lowest BCUT2D eigenvalue weighted by atomic mass is 10.0. The molecule has 1 aromatic heterocycles. The Morgan fingerprint density at radius 1 is 0.947 bits per heavy atom. The van der Waals surface area contributed by atoms with Crippen molar-refractivity contribution in [3.05, 3.63) is 60.2 Å². The highest BCUT2D eigenvalue weighted by molar-refractivity contribution is 6.14. The van der Waals surface area contributed by atoms with E-state index in [1.54, 1.807) is 0 Å². The van der Waals surface area contributed by atoms with Gasteiger partial charge < -0.3 is 4.98 Å². The minimum Gasteiger partial charge on any atom is -0.354 e. The molecule has 0 aliphatic rings. The molecular weight excluding hydrogens is 232 g/mol. The number of hydrogen-bond donors (Lipinski definition) is 1. The van der Waals surface area contributed by atoms with E-state index in [4.69, 9.17) is 0 Å². The quantitative estimate of drug-likeness (QED) is 0.656. The van der Waals surface area contributed by atoms with Crippen LogP contribution in [0.5, 0.6) is 0 Å². The molecule has 19 heavy (non-hydrogen) atoms. The second-order valence-corrected chi connectivity index (χ2v) is 4.60. The summed E-state index contributed by atoms with van der Waals surface area (Å²) in [5.41, 5.74) is 5.74. The molecule has 0 aliphatic heterocycles. The number of nitrogens with one attached hydrogen (secondary N) is 1. The molecule has 0 atom stereocenters. The zero-order valence-corrected chi connectivity index (χ0v) is 11.1. The third kappa shape index (κ3) is 1.95. The van der Waals surface area contributed by atoms with Gasteiger partial charge in [-0.3, -0.25) is 4.99 Å². The number of nitrogens with zero attached hydrogens (tertiary/aromatic N) is 1. The van der Waals surface area contributed by atoms with Crippen molar-refractivity contribution in [2.75, 3.05) is 7.05 Å². The van der Waals surface area contributed by atoms with E-state index in [1.807, 2.05) is 13.1 Å². The van der Waals surface area contributed by atoms with Crippen LogP contribution in [0.25, 0.3) is 22.2 Å². The number of rotatable bonds is 2. The Bertz CT molecular complexity index is 736. The molecule has 3 rings (SSSR count). The second kappa shape index (κ2) is 4.73. The summed E-state index contributed by atoms with van der Waals surface area (Å²) in [5.74, 6) is 0. The molecule has 0 unspecified atom stereocenters. The third-order valence-corrected chi connectivity index (χ3v) is 3.47. The number of hydrogen-bond acceptors (Lipinski definition) is 1. The summed E-state index contributed by atoms with van der Waals surface area (Å²) in [6.07, 6.45) is 0. The monoisotopic (exact) mass is 248 g/mol. The SMILES string of the molecule is CN=C(C)c1c(-c2ccccc2)[nH]c2ccccc12. The third-order valence-electron chi connectivity index (χ3n) is 3.47. The lowest BCUT2D eigenvalue weighted by molar-refractivity contribution is 1.40. The molecule has 2 aromatic carbocycles. The first kappa shape index (κ1) is 11.7. The minimum atomic E-state index is 1.05. The highest BCUT2D eigenvalue weighted by atomic mass is 14.7.